The third-order valence-corrected chi connectivity index (χ3v) is 7.38. The summed E-state index contributed by atoms with van der Waals surface area (Å²) in [5.41, 5.74) is 12.5. The number of pyridine rings is 3. The van der Waals surface area contributed by atoms with Gasteiger partial charge < -0.3 is 41.4 Å². The lowest BCUT2D eigenvalue weighted by atomic mass is 10.2. The molecule has 0 aliphatic carbocycles. The highest BCUT2D eigenvalue weighted by molar-refractivity contribution is 6.07. The number of carbonyl (C=O) groups excluding carboxylic acids is 2. The fraction of sp³-hybridized carbons (Fsp3) is 0.200. The van der Waals surface area contributed by atoms with E-state index in [9.17, 15) is 14.4 Å². The first-order valence-corrected chi connectivity index (χ1v) is 16.1. The monoisotopic (exact) mass is 778 g/mol. The van der Waals surface area contributed by atoms with Gasteiger partial charge in [-0.1, -0.05) is 29.5 Å². The van der Waals surface area contributed by atoms with Crippen molar-refractivity contribution in [3.63, 3.8) is 0 Å². The van der Waals surface area contributed by atoms with E-state index in [2.05, 4.69) is 35.9 Å². The molecule has 0 aliphatic rings. The van der Waals surface area contributed by atoms with Gasteiger partial charge in [-0.3, -0.25) is 19.1 Å². The van der Waals surface area contributed by atoms with Crippen LogP contribution in [0.4, 0.5) is 11.6 Å². The number of para-hydroxylation sites is 2. The first-order valence-electron chi connectivity index (χ1n) is 16.1. The van der Waals surface area contributed by atoms with Crippen molar-refractivity contribution >= 4 is 76.0 Å². The Hall–Kier alpha value is -6.14. The van der Waals surface area contributed by atoms with E-state index >= 15 is 0 Å². The molecule has 6 aromatic rings. The molecule has 0 unspecified atom stereocenters. The summed E-state index contributed by atoms with van der Waals surface area (Å²) in [7, 11) is 0. The van der Waals surface area contributed by atoms with Crippen molar-refractivity contribution in [2.24, 2.45) is 11.5 Å². The quantitative estimate of drug-likeness (QED) is 0.0937. The summed E-state index contributed by atoms with van der Waals surface area (Å²) < 4.78 is 18.9. The van der Waals surface area contributed by atoms with Gasteiger partial charge in [-0.2, -0.15) is 0 Å². The fourth-order valence-electron chi connectivity index (χ4n) is 5.06. The summed E-state index contributed by atoms with van der Waals surface area (Å²) in [6.45, 7) is 1.09. The molecule has 0 spiro atoms. The number of fused-ring (bicyclic) bond motifs is 2. The molecule has 54 heavy (non-hydrogen) atoms. The van der Waals surface area contributed by atoms with Crippen LogP contribution in [0.25, 0.3) is 21.8 Å². The molecule has 4 aromatic heterocycles. The summed E-state index contributed by atoms with van der Waals surface area (Å²) >= 11 is 0. The molecule has 282 valence electrons. The van der Waals surface area contributed by atoms with Crippen LogP contribution in [0.2, 0.25) is 0 Å². The van der Waals surface area contributed by atoms with Crippen molar-refractivity contribution in [3.05, 3.63) is 96.1 Å². The number of carboxylic acid groups (broad SMARTS) is 1. The zero-order valence-electron chi connectivity index (χ0n) is 28.5. The number of nitrogens with one attached hydrogen (secondary N) is 2. The average molecular weight is 780 g/mol. The Morgan fingerprint density at radius 3 is 1.74 bits per heavy atom. The number of halogens is 2. The number of benzene rings is 2. The summed E-state index contributed by atoms with van der Waals surface area (Å²) in [5, 5.41) is 23.8. The molecule has 0 saturated heterocycles. The van der Waals surface area contributed by atoms with Gasteiger partial charge in [0, 0.05) is 48.1 Å². The number of ether oxygens (including phenoxy) is 3. The predicted octanol–water partition coefficient (Wildman–Crippen LogP) is 3.85. The lowest BCUT2D eigenvalue weighted by molar-refractivity contribution is -0.137. The van der Waals surface area contributed by atoms with Crippen LogP contribution in [0.3, 0.4) is 0 Å². The minimum Gasteiger partial charge on any atom is -0.491 e. The van der Waals surface area contributed by atoms with Crippen LogP contribution in [0, 0.1) is 0 Å². The van der Waals surface area contributed by atoms with E-state index in [1.165, 1.54) is 23.0 Å². The van der Waals surface area contributed by atoms with E-state index in [1.807, 2.05) is 36.4 Å². The standard InChI is InChI=1S/C35H34N10O7.2ClH/c36-10-13-50-29-17-31(39-25-7-3-1-5-23(25)29)41-34(48)27-15-22(52-20-21-19-45(44-43-21)12-9-33(46)47)16-28(38-27)35(49)42-32-18-30(51-14-11-37)24-6-2-4-8-26(24)40-32;;/h1-8,15-19H,9-14,20,36-37H2,(H,46,47)(H,39,41,48)(H,40,42,49);2*1H. The molecule has 17 nitrogen and oxygen atoms in total. The molecular formula is C35H36Cl2N10O7. The van der Waals surface area contributed by atoms with E-state index in [4.69, 9.17) is 30.8 Å². The third kappa shape index (κ3) is 10.3. The number of nitrogens with two attached hydrogens (primary N) is 2. The number of hydrogen-bond acceptors (Lipinski definition) is 13. The molecule has 0 atom stereocenters. The van der Waals surface area contributed by atoms with Crippen molar-refractivity contribution in [2.45, 2.75) is 19.6 Å². The molecule has 0 aliphatic heterocycles. The smallest absolute Gasteiger partial charge is 0.305 e. The minimum atomic E-state index is -0.974. The third-order valence-electron chi connectivity index (χ3n) is 7.38. The molecule has 0 bridgehead atoms. The van der Waals surface area contributed by atoms with Crippen LogP contribution < -0.4 is 36.3 Å². The maximum absolute atomic E-state index is 13.7. The zero-order valence-corrected chi connectivity index (χ0v) is 30.1. The van der Waals surface area contributed by atoms with Crippen LogP contribution in [0.15, 0.2) is 79.0 Å². The number of rotatable bonds is 16. The van der Waals surface area contributed by atoms with Gasteiger partial charge in [-0.05, 0) is 24.3 Å². The predicted molar refractivity (Wildman–Crippen MR) is 204 cm³/mol. The highest BCUT2D eigenvalue weighted by Gasteiger charge is 2.19. The fourth-order valence-corrected chi connectivity index (χ4v) is 5.06. The Morgan fingerprint density at radius 2 is 1.24 bits per heavy atom. The van der Waals surface area contributed by atoms with E-state index in [0.29, 0.717) is 28.2 Å². The maximum Gasteiger partial charge on any atom is 0.305 e. The summed E-state index contributed by atoms with van der Waals surface area (Å²) in [6, 6.07) is 20.4. The van der Waals surface area contributed by atoms with Gasteiger partial charge in [-0.25, -0.2) is 15.0 Å². The number of amides is 2. The Morgan fingerprint density at radius 1 is 0.722 bits per heavy atom. The molecule has 0 fully saturated rings. The molecule has 0 saturated carbocycles. The highest BCUT2D eigenvalue weighted by atomic mass is 35.5. The van der Waals surface area contributed by atoms with Crippen LogP contribution in [-0.2, 0) is 17.9 Å². The van der Waals surface area contributed by atoms with E-state index in [1.54, 1.807) is 24.3 Å². The number of hydrogen-bond donors (Lipinski definition) is 5. The van der Waals surface area contributed by atoms with Crippen molar-refractivity contribution in [1.29, 1.82) is 0 Å². The Balaban J connectivity index is 0.00000325. The van der Waals surface area contributed by atoms with E-state index in [0.717, 1.165) is 10.8 Å². The second kappa shape index (κ2) is 19.1. The minimum absolute atomic E-state index is 0. The average Bonchev–Trinajstić information content (AvgIpc) is 3.62. The SMILES string of the molecule is Cl.Cl.NCCOc1cc(NC(=O)c2cc(OCc3cn(CCC(=O)O)nn3)cc(C(=O)Nc3cc(OCCN)c4ccccc4n3)n2)nc2ccccc12. The lowest BCUT2D eigenvalue weighted by Gasteiger charge is -2.13. The molecule has 0 radical (unpaired) electrons. The summed E-state index contributed by atoms with van der Waals surface area (Å²) in [4.78, 5) is 51.7. The van der Waals surface area contributed by atoms with Gasteiger partial charge in [-0.15, -0.1) is 29.9 Å². The number of aliphatic carboxylic acids is 1. The van der Waals surface area contributed by atoms with Crippen LogP contribution >= 0.6 is 24.8 Å². The second-order valence-corrected chi connectivity index (χ2v) is 11.2. The van der Waals surface area contributed by atoms with Gasteiger partial charge in [0.1, 0.15) is 65.8 Å². The largest absolute Gasteiger partial charge is 0.491 e. The lowest BCUT2D eigenvalue weighted by Crippen LogP contribution is -2.20. The molecule has 19 heteroatoms. The normalized spacial score (nSPS) is 10.6. The number of carbonyl (C=O) groups is 3. The molecule has 6 rings (SSSR count). The first-order chi connectivity index (χ1) is 25.3. The number of nitrogens with zero attached hydrogens (tertiary/aromatic N) is 6. The van der Waals surface area contributed by atoms with Gasteiger partial charge >= 0.3 is 5.97 Å². The Bertz CT molecular complexity index is 2130. The summed E-state index contributed by atoms with van der Waals surface area (Å²) in [6.07, 6.45) is 1.40. The number of aromatic nitrogens is 6. The molecule has 2 aromatic carbocycles. The van der Waals surface area contributed by atoms with E-state index in [-0.39, 0.29) is 99.5 Å². The van der Waals surface area contributed by atoms with Crippen molar-refractivity contribution in [3.8, 4) is 17.2 Å². The van der Waals surface area contributed by atoms with Crippen LogP contribution in [0.5, 0.6) is 17.2 Å². The highest BCUT2D eigenvalue weighted by Crippen LogP contribution is 2.29. The van der Waals surface area contributed by atoms with Gasteiger partial charge in [0.25, 0.3) is 11.8 Å². The molecule has 7 N–H and O–H groups in total. The van der Waals surface area contributed by atoms with E-state index < -0.39 is 17.8 Å². The second-order valence-electron chi connectivity index (χ2n) is 11.2. The maximum atomic E-state index is 13.7. The first kappa shape index (κ1) is 40.6. The molecular weight excluding hydrogens is 743 g/mol. The summed E-state index contributed by atoms with van der Waals surface area (Å²) in [5.74, 6) is -0.922. The number of aryl methyl sites for hydroxylation is 1. The van der Waals surface area contributed by atoms with Crippen molar-refractivity contribution < 1.29 is 33.7 Å². The van der Waals surface area contributed by atoms with Crippen LogP contribution in [-0.4, -0.2) is 79.1 Å². The van der Waals surface area contributed by atoms with Crippen molar-refractivity contribution in [2.75, 3.05) is 36.9 Å². The Kier molecular flexibility index (Phi) is 14.4. The molecule has 4 heterocycles. The number of anilines is 2. The van der Waals surface area contributed by atoms with Crippen LogP contribution in [0.1, 0.15) is 33.1 Å². The van der Waals surface area contributed by atoms with Gasteiger partial charge in [0.2, 0.25) is 0 Å². The van der Waals surface area contributed by atoms with Gasteiger partial charge in [0.05, 0.1) is 30.2 Å². The number of carboxylic acids is 1. The topological polar surface area (TPSA) is 245 Å². The van der Waals surface area contributed by atoms with Crippen molar-refractivity contribution in [1.82, 2.24) is 29.9 Å². The van der Waals surface area contributed by atoms with Gasteiger partial charge in [0.15, 0.2) is 0 Å². The Labute approximate surface area is 320 Å². The molecule has 2 amide bonds. The zero-order chi connectivity index (χ0) is 36.5.